The maximum Gasteiger partial charge on any atom is 0.260 e. The Morgan fingerprint density at radius 1 is 1.18 bits per heavy atom. The molecule has 158 valence electrons. The zero-order valence-corrected chi connectivity index (χ0v) is 17.6. The van der Waals surface area contributed by atoms with Crippen molar-refractivity contribution in [1.82, 2.24) is 10.0 Å². The summed E-state index contributed by atoms with van der Waals surface area (Å²) in [6.07, 6.45) is 5.54. The molecule has 1 saturated carbocycles. The Balaban J connectivity index is 1.82. The van der Waals surface area contributed by atoms with Gasteiger partial charge in [0.05, 0.1) is 4.90 Å². The van der Waals surface area contributed by atoms with Crippen LogP contribution in [0.15, 0.2) is 29.2 Å². The Labute approximate surface area is 168 Å². The molecule has 0 spiro atoms. The van der Waals surface area contributed by atoms with Crippen LogP contribution >= 0.6 is 0 Å². The van der Waals surface area contributed by atoms with Crippen LogP contribution in [-0.2, 0) is 19.6 Å². The summed E-state index contributed by atoms with van der Waals surface area (Å²) in [5.41, 5.74) is 0. The zero-order valence-electron chi connectivity index (χ0n) is 16.8. The molecule has 1 aromatic rings. The highest BCUT2D eigenvalue weighted by atomic mass is 32.2. The third kappa shape index (κ3) is 7.41. The average molecular weight is 413 g/mol. The van der Waals surface area contributed by atoms with Crippen molar-refractivity contribution < 1.29 is 22.7 Å². The second kappa shape index (κ2) is 11.4. The van der Waals surface area contributed by atoms with Crippen molar-refractivity contribution in [3.8, 4) is 5.75 Å². The van der Waals surface area contributed by atoms with Gasteiger partial charge in [-0.3, -0.25) is 4.79 Å². The highest BCUT2D eigenvalue weighted by Crippen LogP contribution is 2.19. The third-order valence-electron chi connectivity index (χ3n) is 4.73. The van der Waals surface area contributed by atoms with Crippen LogP contribution in [0, 0.1) is 0 Å². The molecule has 1 aliphatic carbocycles. The van der Waals surface area contributed by atoms with E-state index in [4.69, 9.17) is 9.47 Å². The first-order valence-electron chi connectivity index (χ1n) is 10.1. The number of ether oxygens (including phenoxy) is 2. The first kappa shape index (κ1) is 22.6. The van der Waals surface area contributed by atoms with Crippen molar-refractivity contribution in [3.63, 3.8) is 0 Å². The minimum absolute atomic E-state index is 0.139. The molecule has 0 heterocycles. The average Bonchev–Trinajstić information content (AvgIpc) is 2.69. The van der Waals surface area contributed by atoms with E-state index in [-0.39, 0.29) is 16.8 Å². The number of benzene rings is 1. The lowest BCUT2D eigenvalue weighted by Gasteiger charge is -2.24. The number of sulfonamides is 1. The molecule has 8 heteroatoms. The van der Waals surface area contributed by atoms with E-state index in [1.807, 2.05) is 6.92 Å². The van der Waals surface area contributed by atoms with Gasteiger partial charge >= 0.3 is 0 Å². The summed E-state index contributed by atoms with van der Waals surface area (Å²) in [6, 6.07) is 6.32. The van der Waals surface area contributed by atoms with Gasteiger partial charge in [-0.1, -0.05) is 19.3 Å². The number of amides is 1. The Kier molecular flexibility index (Phi) is 9.21. The monoisotopic (exact) mass is 412 g/mol. The van der Waals surface area contributed by atoms with Gasteiger partial charge in [0.25, 0.3) is 5.91 Å². The largest absolute Gasteiger partial charge is 0.481 e. The predicted molar refractivity (Wildman–Crippen MR) is 108 cm³/mol. The molecular formula is C20H32N2O5S. The minimum atomic E-state index is -3.57. The fourth-order valence-corrected chi connectivity index (χ4v) is 4.20. The van der Waals surface area contributed by atoms with Crippen LogP contribution in [0.25, 0.3) is 0 Å². The molecule has 1 fully saturated rings. The molecule has 0 radical (unpaired) electrons. The lowest BCUT2D eigenvalue weighted by molar-refractivity contribution is -0.128. The standard InChI is InChI=1S/C20H32N2O5S/c1-3-26-15-7-14-21-28(24,25)19-12-10-18(11-13-19)27-16(2)20(23)22-17-8-5-4-6-9-17/h10-13,16-17,21H,3-9,14-15H2,1-2H3,(H,22,23)/t16-/m1/s1. The van der Waals surface area contributed by atoms with Gasteiger partial charge in [0.15, 0.2) is 6.10 Å². The van der Waals surface area contributed by atoms with Gasteiger partial charge in [0.2, 0.25) is 10.0 Å². The van der Waals surface area contributed by atoms with Crippen molar-refractivity contribution in [3.05, 3.63) is 24.3 Å². The van der Waals surface area contributed by atoms with Crippen LogP contribution in [0.5, 0.6) is 5.75 Å². The number of rotatable bonds is 11. The fraction of sp³-hybridized carbons (Fsp3) is 0.650. The quantitative estimate of drug-likeness (QED) is 0.545. The summed E-state index contributed by atoms with van der Waals surface area (Å²) in [4.78, 5) is 12.4. The highest BCUT2D eigenvalue weighted by Gasteiger charge is 2.21. The topological polar surface area (TPSA) is 93.7 Å². The number of hydrogen-bond donors (Lipinski definition) is 2. The van der Waals surface area contributed by atoms with Gasteiger partial charge in [-0.05, 0) is 57.4 Å². The Morgan fingerprint density at radius 3 is 2.50 bits per heavy atom. The van der Waals surface area contributed by atoms with Gasteiger partial charge < -0.3 is 14.8 Å². The Morgan fingerprint density at radius 2 is 1.86 bits per heavy atom. The summed E-state index contributed by atoms with van der Waals surface area (Å²) >= 11 is 0. The molecular weight excluding hydrogens is 380 g/mol. The summed E-state index contributed by atoms with van der Waals surface area (Å²) in [5.74, 6) is 0.321. The molecule has 0 aliphatic heterocycles. The third-order valence-corrected chi connectivity index (χ3v) is 6.21. The molecule has 0 bridgehead atoms. The van der Waals surface area contributed by atoms with Crippen LogP contribution in [0.2, 0.25) is 0 Å². The lowest BCUT2D eigenvalue weighted by atomic mass is 9.95. The first-order valence-corrected chi connectivity index (χ1v) is 11.5. The molecule has 28 heavy (non-hydrogen) atoms. The van der Waals surface area contributed by atoms with Crippen LogP contribution in [0.1, 0.15) is 52.4 Å². The van der Waals surface area contributed by atoms with Crippen LogP contribution in [-0.4, -0.2) is 46.2 Å². The van der Waals surface area contributed by atoms with E-state index < -0.39 is 16.1 Å². The molecule has 0 aromatic heterocycles. The van der Waals surface area contributed by atoms with E-state index in [2.05, 4.69) is 10.0 Å². The smallest absolute Gasteiger partial charge is 0.260 e. The van der Waals surface area contributed by atoms with E-state index in [1.165, 1.54) is 18.6 Å². The number of carbonyl (C=O) groups excluding carboxylic acids is 1. The van der Waals surface area contributed by atoms with Crippen LogP contribution < -0.4 is 14.8 Å². The van der Waals surface area contributed by atoms with Crippen molar-refractivity contribution in [1.29, 1.82) is 0 Å². The Bertz CT molecular complexity index is 700. The molecule has 7 nitrogen and oxygen atoms in total. The van der Waals surface area contributed by atoms with E-state index in [1.54, 1.807) is 19.1 Å². The summed E-state index contributed by atoms with van der Waals surface area (Å²) < 4.78 is 37.9. The molecule has 1 amide bonds. The minimum Gasteiger partial charge on any atom is -0.481 e. The van der Waals surface area contributed by atoms with Crippen molar-refractivity contribution in [2.45, 2.75) is 69.4 Å². The van der Waals surface area contributed by atoms with Gasteiger partial charge in [-0.2, -0.15) is 0 Å². The number of hydrogen-bond acceptors (Lipinski definition) is 5. The zero-order chi connectivity index (χ0) is 20.4. The maximum absolute atomic E-state index is 12.3. The summed E-state index contributed by atoms with van der Waals surface area (Å²) in [6.45, 7) is 5.05. The van der Waals surface area contributed by atoms with E-state index in [0.29, 0.717) is 31.9 Å². The Hall–Kier alpha value is -1.64. The molecule has 0 saturated heterocycles. The first-order chi connectivity index (χ1) is 13.4. The predicted octanol–water partition coefficient (Wildman–Crippen LogP) is 2.61. The van der Waals surface area contributed by atoms with E-state index >= 15 is 0 Å². The van der Waals surface area contributed by atoms with Gasteiger partial charge in [-0.25, -0.2) is 13.1 Å². The van der Waals surface area contributed by atoms with E-state index in [0.717, 1.165) is 25.7 Å². The van der Waals surface area contributed by atoms with Crippen molar-refractivity contribution in [2.24, 2.45) is 0 Å². The fourth-order valence-electron chi connectivity index (χ4n) is 3.13. The molecule has 0 unspecified atom stereocenters. The number of carbonyl (C=O) groups is 1. The maximum atomic E-state index is 12.3. The highest BCUT2D eigenvalue weighted by molar-refractivity contribution is 7.89. The molecule has 1 atom stereocenters. The molecule has 2 N–H and O–H groups in total. The van der Waals surface area contributed by atoms with Crippen LogP contribution in [0.3, 0.4) is 0 Å². The summed E-state index contributed by atoms with van der Waals surface area (Å²) in [7, 11) is -3.57. The second-order valence-corrected chi connectivity index (χ2v) is 8.79. The summed E-state index contributed by atoms with van der Waals surface area (Å²) in [5, 5.41) is 3.03. The molecule has 2 rings (SSSR count). The molecule has 1 aliphatic rings. The van der Waals surface area contributed by atoms with Gasteiger partial charge in [-0.15, -0.1) is 0 Å². The van der Waals surface area contributed by atoms with Crippen molar-refractivity contribution >= 4 is 15.9 Å². The second-order valence-electron chi connectivity index (χ2n) is 7.02. The van der Waals surface area contributed by atoms with Crippen LogP contribution in [0.4, 0.5) is 0 Å². The van der Waals surface area contributed by atoms with Crippen molar-refractivity contribution in [2.75, 3.05) is 19.8 Å². The van der Waals surface area contributed by atoms with Gasteiger partial charge in [0.1, 0.15) is 5.75 Å². The molecule has 1 aromatic carbocycles. The SMILES string of the molecule is CCOCCCNS(=O)(=O)c1ccc(O[C@H](C)C(=O)NC2CCCCC2)cc1. The van der Waals surface area contributed by atoms with Gasteiger partial charge in [0, 0.05) is 25.8 Å². The number of nitrogens with one attached hydrogen (secondary N) is 2. The lowest BCUT2D eigenvalue weighted by Crippen LogP contribution is -2.43. The normalized spacial score (nSPS) is 16.5. The van der Waals surface area contributed by atoms with E-state index in [9.17, 15) is 13.2 Å².